The summed E-state index contributed by atoms with van der Waals surface area (Å²) in [5.41, 5.74) is 2.21. The van der Waals surface area contributed by atoms with Crippen LogP contribution in [-0.2, 0) is 22.7 Å². The van der Waals surface area contributed by atoms with Crippen LogP contribution in [0.4, 0.5) is 5.82 Å². The van der Waals surface area contributed by atoms with Gasteiger partial charge in [-0.15, -0.1) is 5.10 Å². The normalized spacial score (nSPS) is 11.2. The van der Waals surface area contributed by atoms with E-state index in [1.165, 1.54) is 6.26 Å². The molecule has 0 aromatic carbocycles. The SMILES string of the molecule is CCc1nnc(N(C)CCS(C)(=O)=O)c(C#N)c1CC. The van der Waals surface area contributed by atoms with Gasteiger partial charge < -0.3 is 4.90 Å². The Balaban J connectivity index is 3.16. The van der Waals surface area contributed by atoms with Crippen LogP contribution in [0.2, 0.25) is 0 Å². The lowest BCUT2D eigenvalue weighted by atomic mass is 10.0. The van der Waals surface area contributed by atoms with Crippen LogP contribution in [0.3, 0.4) is 0 Å². The molecule has 0 bridgehead atoms. The number of rotatable bonds is 6. The lowest BCUT2D eigenvalue weighted by Gasteiger charge is -2.20. The van der Waals surface area contributed by atoms with Crippen LogP contribution in [0.1, 0.15) is 30.7 Å². The van der Waals surface area contributed by atoms with Gasteiger partial charge in [-0.2, -0.15) is 10.4 Å². The number of nitriles is 1. The van der Waals surface area contributed by atoms with E-state index in [4.69, 9.17) is 0 Å². The number of aryl methyl sites for hydroxylation is 1. The lowest BCUT2D eigenvalue weighted by molar-refractivity contribution is 0.601. The highest BCUT2D eigenvalue weighted by atomic mass is 32.2. The molecule has 20 heavy (non-hydrogen) atoms. The molecule has 0 saturated heterocycles. The molecule has 0 fully saturated rings. The molecule has 1 aromatic heterocycles. The summed E-state index contributed by atoms with van der Waals surface area (Å²) in [6.45, 7) is 4.23. The van der Waals surface area contributed by atoms with Crippen LogP contribution < -0.4 is 4.90 Å². The molecule has 7 heteroatoms. The van der Waals surface area contributed by atoms with Crippen molar-refractivity contribution in [2.24, 2.45) is 0 Å². The summed E-state index contributed by atoms with van der Waals surface area (Å²) >= 11 is 0. The zero-order valence-electron chi connectivity index (χ0n) is 12.3. The van der Waals surface area contributed by atoms with Gasteiger partial charge in [-0.1, -0.05) is 13.8 Å². The Hall–Kier alpha value is -1.68. The Morgan fingerprint density at radius 3 is 2.35 bits per heavy atom. The molecule has 6 nitrogen and oxygen atoms in total. The van der Waals surface area contributed by atoms with Gasteiger partial charge in [-0.25, -0.2) is 8.42 Å². The minimum Gasteiger partial charge on any atom is -0.356 e. The molecule has 0 spiro atoms. The van der Waals surface area contributed by atoms with E-state index in [1.54, 1.807) is 11.9 Å². The number of sulfone groups is 1. The van der Waals surface area contributed by atoms with Crippen molar-refractivity contribution in [3.63, 3.8) is 0 Å². The lowest BCUT2D eigenvalue weighted by Crippen LogP contribution is -2.27. The summed E-state index contributed by atoms with van der Waals surface area (Å²) in [5, 5.41) is 17.6. The highest BCUT2D eigenvalue weighted by molar-refractivity contribution is 7.90. The third kappa shape index (κ3) is 3.90. The van der Waals surface area contributed by atoms with Crippen LogP contribution in [0.25, 0.3) is 0 Å². The predicted octanol–water partition coefficient (Wildman–Crippen LogP) is 0.954. The highest BCUT2D eigenvalue weighted by Crippen LogP contribution is 2.22. The molecule has 0 unspecified atom stereocenters. The maximum Gasteiger partial charge on any atom is 0.169 e. The van der Waals surface area contributed by atoms with Crippen molar-refractivity contribution in [2.45, 2.75) is 26.7 Å². The second kappa shape index (κ2) is 6.66. The van der Waals surface area contributed by atoms with Crippen LogP contribution >= 0.6 is 0 Å². The van der Waals surface area contributed by atoms with Crippen LogP contribution in [0.15, 0.2) is 0 Å². The van der Waals surface area contributed by atoms with E-state index in [1.807, 2.05) is 13.8 Å². The summed E-state index contributed by atoms with van der Waals surface area (Å²) in [6.07, 6.45) is 2.61. The first kappa shape index (κ1) is 16.4. The van der Waals surface area contributed by atoms with Gasteiger partial charge in [0.25, 0.3) is 0 Å². The molecule has 0 amide bonds. The number of aromatic nitrogens is 2. The first-order valence-electron chi connectivity index (χ1n) is 6.51. The van der Waals surface area contributed by atoms with Gasteiger partial charge in [0, 0.05) is 19.8 Å². The van der Waals surface area contributed by atoms with Gasteiger partial charge in [0.15, 0.2) is 5.82 Å². The molecule has 0 aliphatic rings. The Bertz CT molecular complexity index is 620. The molecule has 0 radical (unpaired) electrons. The fourth-order valence-electron chi connectivity index (χ4n) is 1.96. The highest BCUT2D eigenvalue weighted by Gasteiger charge is 2.18. The van der Waals surface area contributed by atoms with Crippen molar-refractivity contribution < 1.29 is 8.42 Å². The van der Waals surface area contributed by atoms with Gasteiger partial charge in [-0.3, -0.25) is 0 Å². The second-order valence-electron chi connectivity index (χ2n) is 4.69. The van der Waals surface area contributed by atoms with Crippen molar-refractivity contribution >= 4 is 15.7 Å². The minimum absolute atomic E-state index is 0.0209. The molecule has 0 aliphatic carbocycles. The third-order valence-corrected chi connectivity index (χ3v) is 4.02. The second-order valence-corrected chi connectivity index (χ2v) is 6.95. The van der Waals surface area contributed by atoms with E-state index in [9.17, 15) is 13.7 Å². The van der Waals surface area contributed by atoms with Gasteiger partial charge in [0.1, 0.15) is 21.5 Å². The average Bonchev–Trinajstić information content (AvgIpc) is 2.41. The number of anilines is 1. The van der Waals surface area contributed by atoms with Crippen molar-refractivity contribution in [1.29, 1.82) is 5.26 Å². The molecule has 0 saturated carbocycles. The van der Waals surface area contributed by atoms with E-state index >= 15 is 0 Å². The molecule has 0 atom stereocenters. The summed E-state index contributed by atoms with van der Waals surface area (Å²) in [6, 6.07) is 2.17. The Labute approximate surface area is 120 Å². The Morgan fingerprint density at radius 1 is 1.25 bits per heavy atom. The molecule has 0 aliphatic heterocycles. The fraction of sp³-hybridized carbons (Fsp3) is 0.615. The third-order valence-electron chi connectivity index (χ3n) is 3.10. The fourth-order valence-corrected chi connectivity index (χ4v) is 2.56. The van der Waals surface area contributed by atoms with Crippen LogP contribution in [0.5, 0.6) is 0 Å². The predicted molar refractivity (Wildman–Crippen MR) is 78.5 cm³/mol. The maximum absolute atomic E-state index is 11.2. The molecule has 1 rings (SSSR count). The summed E-state index contributed by atoms with van der Waals surface area (Å²) in [7, 11) is -1.32. The van der Waals surface area contributed by atoms with Crippen molar-refractivity contribution in [1.82, 2.24) is 10.2 Å². The number of nitrogens with zero attached hydrogens (tertiary/aromatic N) is 4. The minimum atomic E-state index is -3.05. The number of hydrogen-bond acceptors (Lipinski definition) is 6. The van der Waals surface area contributed by atoms with Crippen LogP contribution in [-0.4, -0.2) is 44.2 Å². The van der Waals surface area contributed by atoms with Gasteiger partial charge in [0.05, 0.1) is 11.4 Å². The molecular weight excluding hydrogens is 276 g/mol. The van der Waals surface area contributed by atoms with Gasteiger partial charge in [-0.05, 0) is 18.4 Å². The first-order chi connectivity index (χ1) is 9.34. The standard InChI is InChI=1S/C13H20N4O2S/c1-5-10-11(9-14)13(16-15-12(10)6-2)17(3)7-8-20(4,18)19/h5-8H2,1-4H3. The molecular formula is C13H20N4O2S. The average molecular weight is 296 g/mol. The van der Waals surface area contributed by atoms with E-state index < -0.39 is 9.84 Å². The smallest absolute Gasteiger partial charge is 0.169 e. The Kier molecular flexibility index (Phi) is 5.45. The molecule has 0 N–H and O–H groups in total. The molecule has 110 valence electrons. The van der Waals surface area contributed by atoms with E-state index in [-0.39, 0.29) is 12.3 Å². The van der Waals surface area contributed by atoms with E-state index in [2.05, 4.69) is 16.3 Å². The Morgan fingerprint density at radius 2 is 1.90 bits per heavy atom. The molecule has 1 heterocycles. The largest absolute Gasteiger partial charge is 0.356 e. The topological polar surface area (TPSA) is 87.0 Å². The number of hydrogen-bond donors (Lipinski definition) is 0. The summed E-state index contributed by atoms with van der Waals surface area (Å²) in [5.74, 6) is 0.470. The van der Waals surface area contributed by atoms with Crippen molar-refractivity contribution in [2.75, 3.05) is 30.5 Å². The zero-order valence-corrected chi connectivity index (χ0v) is 13.2. The zero-order chi connectivity index (χ0) is 15.3. The maximum atomic E-state index is 11.2. The van der Waals surface area contributed by atoms with Gasteiger partial charge in [0.2, 0.25) is 0 Å². The summed E-state index contributed by atoms with van der Waals surface area (Å²) < 4.78 is 22.4. The van der Waals surface area contributed by atoms with Crippen molar-refractivity contribution in [3.05, 3.63) is 16.8 Å². The van der Waals surface area contributed by atoms with Crippen LogP contribution in [0, 0.1) is 11.3 Å². The van der Waals surface area contributed by atoms with Crippen molar-refractivity contribution in [3.8, 4) is 6.07 Å². The van der Waals surface area contributed by atoms with Gasteiger partial charge >= 0.3 is 0 Å². The summed E-state index contributed by atoms with van der Waals surface area (Å²) in [4.78, 5) is 1.67. The molecule has 1 aromatic rings. The first-order valence-corrected chi connectivity index (χ1v) is 8.57. The monoisotopic (exact) mass is 296 g/mol. The quantitative estimate of drug-likeness (QED) is 0.777. The van der Waals surface area contributed by atoms with E-state index in [0.29, 0.717) is 17.8 Å². The van der Waals surface area contributed by atoms with E-state index in [0.717, 1.165) is 17.7 Å².